The molecule has 0 aromatic carbocycles. The van der Waals surface area contributed by atoms with Gasteiger partial charge in [-0.15, -0.1) is 11.3 Å². The quantitative estimate of drug-likeness (QED) is 0.823. The van der Waals surface area contributed by atoms with Crippen LogP contribution in [0.2, 0.25) is 0 Å². The normalized spacial score (nSPS) is 11.6. The molecule has 0 aliphatic heterocycles. The predicted octanol–water partition coefficient (Wildman–Crippen LogP) is 0.260. The minimum atomic E-state index is -3.73. The predicted molar refractivity (Wildman–Crippen MR) is 60.5 cm³/mol. The van der Waals surface area contributed by atoms with Gasteiger partial charge in [0, 0.05) is 18.6 Å². The monoisotopic (exact) mass is 259 g/mol. The molecule has 16 heavy (non-hydrogen) atoms. The van der Waals surface area contributed by atoms with Crippen LogP contribution in [0.15, 0.2) is 22.9 Å². The molecular formula is C7H9N5O2S2. The van der Waals surface area contributed by atoms with Crippen molar-refractivity contribution in [3.8, 4) is 0 Å². The molecular weight excluding hydrogens is 250 g/mol. The maximum absolute atomic E-state index is 11.9. The van der Waals surface area contributed by atoms with E-state index in [0.29, 0.717) is 5.13 Å². The average Bonchev–Trinajstić information content (AvgIpc) is 2.76. The molecule has 0 aliphatic rings. The highest BCUT2D eigenvalue weighted by Gasteiger charge is 2.23. The van der Waals surface area contributed by atoms with Crippen molar-refractivity contribution < 1.29 is 8.42 Å². The summed E-state index contributed by atoms with van der Waals surface area (Å²) in [6, 6.07) is 0. The van der Waals surface area contributed by atoms with E-state index >= 15 is 0 Å². The fourth-order valence-electron chi connectivity index (χ4n) is 1.20. The van der Waals surface area contributed by atoms with E-state index in [4.69, 9.17) is 5.73 Å². The van der Waals surface area contributed by atoms with Crippen molar-refractivity contribution in [1.29, 1.82) is 0 Å². The van der Waals surface area contributed by atoms with Gasteiger partial charge in [-0.25, -0.2) is 9.97 Å². The summed E-state index contributed by atoms with van der Waals surface area (Å²) in [6.07, 6.45) is 2.85. The van der Waals surface area contributed by atoms with Gasteiger partial charge in [-0.05, 0) is 0 Å². The summed E-state index contributed by atoms with van der Waals surface area (Å²) >= 11 is 1.19. The Morgan fingerprint density at radius 1 is 1.50 bits per heavy atom. The number of nitrogens with two attached hydrogens (primary N) is 1. The van der Waals surface area contributed by atoms with Crippen LogP contribution in [0, 0.1) is 0 Å². The second-order valence-corrected chi connectivity index (χ2v) is 5.48. The van der Waals surface area contributed by atoms with Crippen LogP contribution in [0.5, 0.6) is 0 Å². The number of hydrogen-bond acceptors (Lipinski definition) is 6. The Balaban J connectivity index is 2.40. The number of thiazole rings is 1. The summed E-state index contributed by atoms with van der Waals surface area (Å²) in [7, 11) is -2.17. The number of nitrogen functional groups attached to an aromatic ring is 1. The van der Waals surface area contributed by atoms with Gasteiger partial charge in [0.1, 0.15) is 0 Å². The fourth-order valence-corrected chi connectivity index (χ4v) is 3.23. The Morgan fingerprint density at radius 2 is 2.25 bits per heavy atom. The van der Waals surface area contributed by atoms with Crippen LogP contribution < -0.4 is 10.5 Å². The van der Waals surface area contributed by atoms with Crippen molar-refractivity contribution >= 4 is 32.3 Å². The Morgan fingerprint density at radius 3 is 2.75 bits per heavy atom. The van der Waals surface area contributed by atoms with Crippen LogP contribution in [-0.2, 0) is 17.1 Å². The first-order valence-electron chi connectivity index (χ1n) is 4.20. The molecule has 9 heteroatoms. The van der Waals surface area contributed by atoms with Gasteiger partial charge in [-0.3, -0.25) is 4.72 Å². The van der Waals surface area contributed by atoms with Crippen molar-refractivity contribution in [2.24, 2.45) is 7.05 Å². The Bertz CT molecular complexity index is 567. The van der Waals surface area contributed by atoms with Gasteiger partial charge in [-0.2, -0.15) is 8.42 Å². The van der Waals surface area contributed by atoms with E-state index < -0.39 is 10.0 Å². The molecule has 3 N–H and O–H groups in total. The van der Waals surface area contributed by atoms with Crippen LogP contribution in [0.4, 0.5) is 10.9 Å². The molecule has 0 spiro atoms. The first-order valence-corrected chi connectivity index (χ1v) is 6.56. The van der Waals surface area contributed by atoms with Crippen molar-refractivity contribution in [1.82, 2.24) is 14.5 Å². The molecule has 86 valence electrons. The van der Waals surface area contributed by atoms with E-state index in [9.17, 15) is 8.42 Å². The van der Waals surface area contributed by atoms with Gasteiger partial charge in [0.05, 0.1) is 6.33 Å². The maximum atomic E-state index is 11.9. The zero-order valence-corrected chi connectivity index (χ0v) is 9.92. The van der Waals surface area contributed by atoms with Crippen LogP contribution in [0.3, 0.4) is 0 Å². The molecule has 0 amide bonds. The maximum Gasteiger partial charge on any atom is 0.283 e. The molecule has 0 bridgehead atoms. The van der Waals surface area contributed by atoms with E-state index in [1.54, 1.807) is 12.4 Å². The molecule has 0 saturated heterocycles. The lowest BCUT2D eigenvalue weighted by atomic mass is 10.8. The van der Waals surface area contributed by atoms with Gasteiger partial charge in [-0.1, -0.05) is 0 Å². The van der Waals surface area contributed by atoms with Gasteiger partial charge < -0.3 is 10.3 Å². The van der Waals surface area contributed by atoms with Gasteiger partial charge in [0.15, 0.2) is 16.0 Å². The third-order valence-electron chi connectivity index (χ3n) is 1.82. The van der Waals surface area contributed by atoms with E-state index in [-0.39, 0.29) is 10.8 Å². The second-order valence-electron chi connectivity index (χ2n) is 2.99. The number of nitrogens with zero attached hydrogens (tertiary/aromatic N) is 3. The molecule has 2 heterocycles. The number of rotatable bonds is 3. The summed E-state index contributed by atoms with van der Waals surface area (Å²) in [5, 5.41) is 1.90. The van der Waals surface area contributed by atoms with E-state index in [2.05, 4.69) is 14.7 Å². The SMILES string of the molecule is Cn1cnc(N)c1S(=O)(=O)Nc1nccs1. The van der Waals surface area contributed by atoms with Crippen LogP contribution in [-0.4, -0.2) is 23.0 Å². The zero-order chi connectivity index (χ0) is 11.8. The van der Waals surface area contributed by atoms with E-state index in [1.165, 1.54) is 28.4 Å². The summed E-state index contributed by atoms with van der Waals surface area (Å²) in [6.45, 7) is 0. The minimum Gasteiger partial charge on any atom is -0.381 e. The van der Waals surface area contributed by atoms with Crippen LogP contribution in [0.1, 0.15) is 0 Å². The lowest BCUT2D eigenvalue weighted by Gasteiger charge is -2.05. The molecule has 0 unspecified atom stereocenters. The zero-order valence-electron chi connectivity index (χ0n) is 8.28. The number of nitrogens with one attached hydrogen (secondary N) is 1. The lowest BCUT2D eigenvalue weighted by Crippen LogP contribution is -2.17. The smallest absolute Gasteiger partial charge is 0.283 e. The first-order chi connectivity index (χ1) is 7.50. The van der Waals surface area contributed by atoms with Crippen LogP contribution in [0.25, 0.3) is 0 Å². The molecule has 0 atom stereocenters. The van der Waals surface area contributed by atoms with Gasteiger partial charge in [0.2, 0.25) is 0 Å². The molecule has 0 fully saturated rings. The second kappa shape index (κ2) is 3.76. The van der Waals surface area contributed by atoms with Crippen LogP contribution >= 0.6 is 11.3 Å². The third kappa shape index (κ3) is 1.86. The summed E-state index contributed by atoms with van der Waals surface area (Å²) in [5.74, 6) is -0.0356. The summed E-state index contributed by atoms with van der Waals surface area (Å²) in [5.41, 5.74) is 5.49. The first kappa shape index (κ1) is 10.9. The number of sulfonamides is 1. The average molecular weight is 259 g/mol. The van der Waals surface area contributed by atoms with Crippen molar-refractivity contribution in [2.75, 3.05) is 10.5 Å². The topological polar surface area (TPSA) is 103 Å². The van der Waals surface area contributed by atoms with Gasteiger partial charge in [0.25, 0.3) is 10.0 Å². The van der Waals surface area contributed by atoms with Gasteiger partial charge >= 0.3 is 0 Å². The molecule has 2 aromatic rings. The molecule has 0 radical (unpaired) electrons. The number of hydrogen-bond donors (Lipinski definition) is 2. The molecule has 0 aliphatic carbocycles. The highest BCUT2D eigenvalue weighted by atomic mass is 32.2. The molecule has 2 rings (SSSR count). The minimum absolute atomic E-state index is 0.0356. The summed E-state index contributed by atoms with van der Waals surface area (Å²) in [4.78, 5) is 7.54. The lowest BCUT2D eigenvalue weighted by molar-refractivity contribution is 0.592. The Labute approximate surface area is 96.0 Å². The standard InChI is InChI=1S/C7H9N5O2S2/c1-12-4-10-5(8)6(12)16(13,14)11-7-9-2-3-15-7/h2-4H,8H2,1H3,(H,9,11). The fraction of sp³-hybridized carbons (Fsp3) is 0.143. The third-order valence-corrected chi connectivity index (χ3v) is 4.10. The van der Waals surface area contributed by atoms with Crippen molar-refractivity contribution in [3.05, 3.63) is 17.9 Å². The van der Waals surface area contributed by atoms with Crippen molar-refractivity contribution in [3.63, 3.8) is 0 Å². The summed E-state index contributed by atoms with van der Waals surface area (Å²) < 4.78 is 27.5. The number of imidazole rings is 1. The molecule has 7 nitrogen and oxygen atoms in total. The highest BCUT2D eigenvalue weighted by molar-refractivity contribution is 7.93. The highest BCUT2D eigenvalue weighted by Crippen LogP contribution is 2.20. The van der Waals surface area contributed by atoms with E-state index in [0.717, 1.165) is 0 Å². The Kier molecular flexibility index (Phi) is 2.56. The van der Waals surface area contributed by atoms with Crippen molar-refractivity contribution in [2.45, 2.75) is 5.03 Å². The Hall–Kier alpha value is -1.61. The largest absolute Gasteiger partial charge is 0.381 e. The number of anilines is 2. The number of aromatic nitrogens is 3. The molecule has 2 aromatic heterocycles. The number of aryl methyl sites for hydroxylation is 1. The van der Waals surface area contributed by atoms with E-state index in [1.807, 2.05) is 0 Å². The molecule has 0 saturated carbocycles.